The van der Waals surface area contributed by atoms with E-state index in [2.05, 4.69) is 5.32 Å². The van der Waals surface area contributed by atoms with Gasteiger partial charge < -0.3 is 10.4 Å². The van der Waals surface area contributed by atoms with Crippen LogP contribution in [0.25, 0.3) is 0 Å². The fourth-order valence-corrected chi connectivity index (χ4v) is 1.56. The summed E-state index contributed by atoms with van der Waals surface area (Å²) in [5.74, 6) is -0.284. The van der Waals surface area contributed by atoms with Crippen molar-refractivity contribution < 1.29 is 9.90 Å². The fraction of sp³-hybridized carbons (Fsp3) is 0.364. The van der Waals surface area contributed by atoms with Gasteiger partial charge in [-0.1, -0.05) is 29.3 Å². The smallest absolute Gasteiger partial charge is 0.252 e. The van der Waals surface area contributed by atoms with E-state index >= 15 is 0 Å². The number of amides is 1. The highest BCUT2D eigenvalue weighted by molar-refractivity contribution is 6.43. The summed E-state index contributed by atoms with van der Waals surface area (Å²) < 4.78 is 0. The quantitative estimate of drug-likeness (QED) is 0.875. The number of carbonyl (C=O) groups excluding carboxylic acids is 1. The molecule has 1 aromatic carbocycles. The van der Waals surface area contributed by atoms with Crippen LogP contribution in [-0.2, 0) is 0 Å². The molecule has 0 saturated heterocycles. The van der Waals surface area contributed by atoms with Crippen LogP contribution in [0.3, 0.4) is 0 Å². The molecule has 0 aliphatic rings. The van der Waals surface area contributed by atoms with E-state index in [1.165, 1.54) is 0 Å². The molecule has 3 nitrogen and oxygen atoms in total. The van der Waals surface area contributed by atoms with Crippen molar-refractivity contribution in [3.8, 4) is 0 Å². The van der Waals surface area contributed by atoms with Gasteiger partial charge in [-0.2, -0.15) is 0 Å². The molecule has 1 unspecified atom stereocenters. The fourth-order valence-electron chi connectivity index (χ4n) is 1.17. The summed E-state index contributed by atoms with van der Waals surface area (Å²) in [6.45, 7) is 2.07. The molecule has 0 bridgehead atoms. The Kier molecular flexibility index (Phi) is 5.06. The van der Waals surface area contributed by atoms with Gasteiger partial charge in [-0.05, 0) is 25.5 Å². The van der Waals surface area contributed by atoms with Gasteiger partial charge in [0.1, 0.15) is 0 Å². The second kappa shape index (κ2) is 6.09. The highest BCUT2D eigenvalue weighted by Gasteiger charge is 2.11. The Bertz CT molecular complexity index is 380. The Balaban J connectivity index is 2.63. The molecular weight excluding hydrogens is 249 g/mol. The van der Waals surface area contributed by atoms with Crippen molar-refractivity contribution in [2.24, 2.45) is 0 Å². The molecule has 0 aliphatic carbocycles. The molecule has 0 spiro atoms. The zero-order valence-electron chi connectivity index (χ0n) is 8.84. The van der Waals surface area contributed by atoms with Gasteiger partial charge in [0.05, 0.1) is 21.7 Å². The Morgan fingerprint density at radius 1 is 1.50 bits per heavy atom. The van der Waals surface area contributed by atoms with E-state index in [0.717, 1.165) is 0 Å². The van der Waals surface area contributed by atoms with Crippen molar-refractivity contribution in [1.82, 2.24) is 5.32 Å². The van der Waals surface area contributed by atoms with Crippen LogP contribution >= 0.6 is 23.2 Å². The van der Waals surface area contributed by atoms with Crippen molar-refractivity contribution in [3.05, 3.63) is 33.8 Å². The number of rotatable bonds is 4. The van der Waals surface area contributed by atoms with Gasteiger partial charge in [0.2, 0.25) is 0 Å². The lowest BCUT2D eigenvalue weighted by molar-refractivity contribution is 0.0945. The SMILES string of the molecule is CC(O)CCNC(=O)c1cccc(Cl)c1Cl. The first kappa shape index (κ1) is 13.3. The van der Waals surface area contributed by atoms with Crippen LogP contribution in [0.15, 0.2) is 18.2 Å². The van der Waals surface area contributed by atoms with Crippen molar-refractivity contribution in [2.75, 3.05) is 6.54 Å². The number of hydrogen-bond acceptors (Lipinski definition) is 2. The number of benzene rings is 1. The Hall–Kier alpha value is -0.770. The first-order valence-corrected chi connectivity index (χ1v) is 5.68. The summed E-state index contributed by atoms with van der Waals surface area (Å²) in [4.78, 5) is 11.7. The van der Waals surface area contributed by atoms with Gasteiger partial charge >= 0.3 is 0 Å². The van der Waals surface area contributed by atoms with E-state index in [-0.39, 0.29) is 10.9 Å². The molecule has 5 heteroatoms. The molecule has 16 heavy (non-hydrogen) atoms. The van der Waals surface area contributed by atoms with Gasteiger partial charge in [-0.3, -0.25) is 4.79 Å². The van der Waals surface area contributed by atoms with Crippen molar-refractivity contribution in [3.63, 3.8) is 0 Å². The van der Waals surface area contributed by atoms with Crippen LogP contribution in [-0.4, -0.2) is 23.7 Å². The van der Waals surface area contributed by atoms with Crippen LogP contribution in [0.2, 0.25) is 10.0 Å². The van der Waals surface area contributed by atoms with Crippen LogP contribution < -0.4 is 5.32 Å². The monoisotopic (exact) mass is 261 g/mol. The van der Waals surface area contributed by atoms with E-state index in [9.17, 15) is 4.79 Å². The third-order valence-electron chi connectivity index (χ3n) is 2.04. The molecule has 0 fully saturated rings. The zero-order valence-corrected chi connectivity index (χ0v) is 10.3. The lowest BCUT2D eigenvalue weighted by Gasteiger charge is -2.08. The van der Waals surface area contributed by atoms with Crippen molar-refractivity contribution >= 4 is 29.1 Å². The molecule has 0 aliphatic heterocycles. The van der Waals surface area contributed by atoms with Crippen molar-refractivity contribution in [2.45, 2.75) is 19.4 Å². The predicted octanol–water partition coefficient (Wildman–Crippen LogP) is 2.49. The second-order valence-electron chi connectivity index (χ2n) is 3.49. The second-order valence-corrected chi connectivity index (χ2v) is 4.28. The number of aliphatic hydroxyl groups is 1. The molecule has 0 heterocycles. The summed E-state index contributed by atoms with van der Waals surface area (Å²) in [7, 11) is 0. The van der Waals surface area contributed by atoms with Gasteiger partial charge in [-0.15, -0.1) is 0 Å². The summed E-state index contributed by atoms with van der Waals surface area (Å²) in [5.41, 5.74) is 0.347. The first-order chi connectivity index (χ1) is 7.52. The average Bonchev–Trinajstić information content (AvgIpc) is 2.21. The van der Waals surface area contributed by atoms with Gasteiger partial charge in [0.15, 0.2) is 0 Å². The van der Waals surface area contributed by atoms with E-state index in [4.69, 9.17) is 28.3 Å². The molecule has 1 aromatic rings. The molecule has 0 radical (unpaired) electrons. The largest absolute Gasteiger partial charge is 0.393 e. The molecule has 1 amide bonds. The maximum absolute atomic E-state index is 11.7. The number of nitrogens with one attached hydrogen (secondary N) is 1. The molecule has 88 valence electrons. The molecule has 1 rings (SSSR count). The minimum atomic E-state index is -0.435. The number of halogens is 2. The van der Waals surface area contributed by atoms with E-state index in [1.807, 2.05) is 0 Å². The summed E-state index contributed by atoms with van der Waals surface area (Å²) in [6.07, 6.45) is 0.0688. The van der Waals surface area contributed by atoms with Crippen LogP contribution in [0.5, 0.6) is 0 Å². The third-order valence-corrected chi connectivity index (χ3v) is 2.86. The van der Waals surface area contributed by atoms with E-state index in [0.29, 0.717) is 23.6 Å². The Labute approximate surface area is 104 Å². The lowest BCUT2D eigenvalue weighted by atomic mass is 10.2. The maximum atomic E-state index is 11.7. The summed E-state index contributed by atoms with van der Waals surface area (Å²) in [6, 6.07) is 4.89. The molecule has 1 atom stereocenters. The van der Waals surface area contributed by atoms with Crippen LogP contribution in [0, 0.1) is 0 Å². The van der Waals surface area contributed by atoms with Gasteiger partial charge in [-0.25, -0.2) is 0 Å². The normalized spacial score (nSPS) is 12.2. The maximum Gasteiger partial charge on any atom is 0.252 e. The molecule has 0 aromatic heterocycles. The highest BCUT2D eigenvalue weighted by Crippen LogP contribution is 2.25. The van der Waals surface area contributed by atoms with Crippen molar-refractivity contribution in [1.29, 1.82) is 0 Å². The number of carbonyl (C=O) groups is 1. The highest BCUT2D eigenvalue weighted by atomic mass is 35.5. The summed E-state index contributed by atoms with van der Waals surface area (Å²) >= 11 is 11.7. The first-order valence-electron chi connectivity index (χ1n) is 4.92. The Morgan fingerprint density at radius 2 is 2.19 bits per heavy atom. The third kappa shape index (κ3) is 3.67. The van der Waals surface area contributed by atoms with Crippen LogP contribution in [0.4, 0.5) is 0 Å². The van der Waals surface area contributed by atoms with Gasteiger partial charge in [0, 0.05) is 6.54 Å². The van der Waals surface area contributed by atoms with E-state index in [1.54, 1.807) is 25.1 Å². The Morgan fingerprint density at radius 3 is 2.81 bits per heavy atom. The van der Waals surface area contributed by atoms with Gasteiger partial charge in [0.25, 0.3) is 5.91 Å². The number of aliphatic hydroxyl groups excluding tert-OH is 1. The number of hydrogen-bond donors (Lipinski definition) is 2. The minimum Gasteiger partial charge on any atom is -0.393 e. The molecule has 2 N–H and O–H groups in total. The topological polar surface area (TPSA) is 49.3 Å². The minimum absolute atomic E-state index is 0.249. The summed E-state index contributed by atoms with van der Waals surface area (Å²) in [5, 5.41) is 12.3. The zero-order chi connectivity index (χ0) is 12.1. The molecule has 0 saturated carbocycles. The van der Waals surface area contributed by atoms with Crippen LogP contribution in [0.1, 0.15) is 23.7 Å². The lowest BCUT2D eigenvalue weighted by Crippen LogP contribution is -2.26. The standard InChI is InChI=1S/C11H13Cl2NO2/c1-7(15)5-6-14-11(16)8-3-2-4-9(12)10(8)13/h2-4,7,15H,5-6H2,1H3,(H,14,16). The molecular formula is C11H13Cl2NO2. The van der Waals surface area contributed by atoms with E-state index < -0.39 is 6.10 Å². The predicted molar refractivity (Wildman–Crippen MR) is 65.1 cm³/mol. The average molecular weight is 262 g/mol.